The van der Waals surface area contributed by atoms with Gasteiger partial charge in [0.2, 0.25) is 0 Å². The molecule has 0 amide bonds. The molecule has 0 aliphatic heterocycles. The number of thiocarbonyl (C=S) groups is 1. The first-order valence-corrected chi connectivity index (χ1v) is 6.93. The van der Waals surface area contributed by atoms with Crippen LogP contribution in [0.15, 0.2) is 48.5 Å². The van der Waals surface area contributed by atoms with Crippen molar-refractivity contribution in [2.45, 2.75) is 6.10 Å². The number of rotatable bonds is 5. The van der Waals surface area contributed by atoms with Crippen LogP contribution in [0.4, 0.5) is 10.1 Å². The number of hydrogen-bond donors (Lipinski definition) is 2. The monoisotopic (exact) mass is 304 g/mol. The molecule has 0 spiro atoms. The van der Waals surface area contributed by atoms with Crippen molar-refractivity contribution in [1.82, 2.24) is 0 Å². The van der Waals surface area contributed by atoms with Crippen molar-refractivity contribution in [1.29, 1.82) is 0 Å². The predicted octanol–water partition coefficient (Wildman–Crippen LogP) is 2.63. The van der Waals surface area contributed by atoms with E-state index in [1.54, 1.807) is 54.4 Å². The van der Waals surface area contributed by atoms with Crippen LogP contribution in [-0.4, -0.2) is 23.7 Å². The minimum atomic E-state index is -0.727. The highest BCUT2D eigenvalue weighted by atomic mass is 32.1. The number of anilines is 1. The molecule has 2 aromatic carbocycles. The van der Waals surface area contributed by atoms with Crippen LogP contribution >= 0.6 is 12.2 Å². The zero-order chi connectivity index (χ0) is 15.4. The average Bonchev–Trinajstić information content (AvgIpc) is 2.47. The summed E-state index contributed by atoms with van der Waals surface area (Å²) in [5, 5.41) is 10.2. The van der Waals surface area contributed by atoms with Gasteiger partial charge in [0.25, 0.3) is 0 Å². The van der Waals surface area contributed by atoms with Crippen molar-refractivity contribution in [3.63, 3.8) is 0 Å². The summed E-state index contributed by atoms with van der Waals surface area (Å²) in [6.07, 6.45) is -0.727. The summed E-state index contributed by atoms with van der Waals surface area (Å²) in [6.45, 7) is 0.285. The maximum Gasteiger partial charge on any atom is 0.146 e. The van der Waals surface area contributed by atoms with E-state index in [-0.39, 0.29) is 12.4 Å². The van der Waals surface area contributed by atoms with Crippen molar-refractivity contribution >= 4 is 22.9 Å². The van der Waals surface area contributed by atoms with Crippen molar-refractivity contribution in [2.75, 3.05) is 18.5 Å². The van der Waals surface area contributed by atoms with E-state index < -0.39 is 6.10 Å². The molecule has 110 valence electrons. The van der Waals surface area contributed by atoms with Crippen LogP contribution in [0.5, 0.6) is 0 Å². The molecule has 21 heavy (non-hydrogen) atoms. The lowest BCUT2D eigenvalue weighted by Crippen LogP contribution is -2.25. The van der Waals surface area contributed by atoms with Crippen LogP contribution in [0.25, 0.3) is 0 Å². The molecule has 0 saturated heterocycles. The van der Waals surface area contributed by atoms with Crippen LogP contribution in [0.2, 0.25) is 0 Å². The summed E-state index contributed by atoms with van der Waals surface area (Å²) in [6, 6.07) is 13.6. The van der Waals surface area contributed by atoms with E-state index in [1.165, 1.54) is 6.07 Å². The molecule has 0 radical (unpaired) electrons. The second-order valence-corrected chi connectivity index (χ2v) is 5.27. The molecule has 1 unspecified atom stereocenters. The van der Waals surface area contributed by atoms with Crippen molar-refractivity contribution in [3.05, 3.63) is 65.5 Å². The number of nitrogens with zero attached hydrogens (tertiary/aromatic N) is 1. The fourth-order valence-electron chi connectivity index (χ4n) is 2.09. The van der Waals surface area contributed by atoms with Gasteiger partial charge in [0.05, 0.1) is 11.8 Å². The SMILES string of the molecule is CN(CC(O)c1ccc(C(N)=S)cc1)c1ccccc1F. The minimum Gasteiger partial charge on any atom is -0.389 e. The molecular weight excluding hydrogens is 287 g/mol. The van der Waals surface area contributed by atoms with Crippen molar-refractivity contribution in [2.24, 2.45) is 5.73 Å². The summed E-state index contributed by atoms with van der Waals surface area (Å²) >= 11 is 4.88. The third kappa shape index (κ3) is 3.77. The van der Waals surface area contributed by atoms with Gasteiger partial charge in [-0.05, 0) is 17.7 Å². The Morgan fingerprint density at radius 2 is 1.86 bits per heavy atom. The number of para-hydroxylation sites is 1. The highest BCUT2D eigenvalue weighted by molar-refractivity contribution is 7.80. The van der Waals surface area contributed by atoms with E-state index in [1.807, 2.05) is 0 Å². The molecule has 0 aliphatic rings. The molecule has 0 fully saturated rings. The number of aliphatic hydroxyl groups is 1. The first-order valence-electron chi connectivity index (χ1n) is 6.52. The third-order valence-electron chi connectivity index (χ3n) is 3.29. The Balaban J connectivity index is 2.09. The number of hydrogen-bond acceptors (Lipinski definition) is 3. The fourth-order valence-corrected chi connectivity index (χ4v) is 2.23. The van der Waals surface area contributed by atoms with Gasteiger partial charge in [-0.25, -0.2) is 4.39 Å². The van der Waals surface area contributed by atoms with Gasteiger partial charge in [0.1, 0.15) is 10.8 Å². The molecule has 0 saturated carbocycles. The molecule has 2 aromatic rings. The second-order valence-electron chi connectivity index (χ2n) is 4.83. The molecular formula is C16H17FN2OS. The van der Waals surface area contributed by atoms with E-state index in [9.17, 15) is 9.50 Å². The summed E-state index contributed by atoms with van der Waals surface area (Å²) in [4.78, 5) is 2.00. The van der Waals surface area contributed by atoms with Gasteiger partial charge in [-0.15, -0.1) is 0 Å². The maximum absolute atomic E-state index is 13.7. The summed E-state index contributed by atoms with van der Waals surface area (Å²) in [5.41, 5.74) is 7.47. The number of aliphatic hydroxyl groups excluding tert-OH is 1. The van der Waals surface area contributed by atoms with Gasteiger partial charge >= 0.3 is 0 Å². The normalized spacial score (nSPS) is 12.0. The Morgan fingerprint density at radius 1 is 1.24 bits per heavy atom. The molecule has 0 heterocycles. The van der Waals surface area contributed by atoms with Crippen LogP contribution in [0.3, 0.4) is 0 Å². The molecule has 0 bridgehead atoms. The zero-order valence-corrected chi connectivity index (χ0v) is 12.5. The van der Waals surface area contributed by atoms with Crippen molar-refractivity contribution in [3.8, 4) is 0 Å². The summed E-state index contributed by atoms with van der Waals surface area (Å²) in [5.74, 6) is -0.309. The summed E-state index contributed by atoms with van der Waals surface area (Å²) in [7, 11) is 1.74. The van der Waals surface area contributed by atoms with E-state index in [0.717, 1.165) is 11.1 Å². The first-order chi connectivity index (χ1) is 9.99. The number of likely N-dealkylation sites (N-methyl/N-ethyl adjacent to an activating group) is 1. The molecule has 2 rings (SSSR count). The Kier molecular flexibility index (Phi) is 4.88. The topological polar surface area (TPSA) is 49.5 Å². The highest BCUT2D eigenvalue weighted by Gasteiger charge is 2.13. The number of nitrogens with two attached hydrogens (primary N) is 1. The lowest BCUT2D eigenvalue weighted by Gasteiger charge is -2.23. The first kappa shape index (κ1) is 15.4. The molecule has 3 nitrogen and oxygen atoms in total. The highest BCUT2D eigenvalue weighted by Crippen LogP contribution is 2.21. The smallest absolute Gasteiger partial charge is 0.146 e. The Bertz CT molecular complexity index is 630. The quantitative estimate of drug-likeness (QED) is 0.834. The predicted molar refractivity (Wildman–Crippen MR) is 87.0 cm³/mol. The van der Waals surface area contributed by atoms with E-state index in [0.29, 0.717) is 10.7 Å². The maximum atomic E-state index is 13.7. The standard InChI is InChI=1S/C16H17FN2OS/c1-19(14-5-3-2-4-13(14)17)10-15(20)11-6-8-12(9-7-11)16(18)21/h2-9,15,20H,10H2,1H3,(H2,18,21). The van der Waals surface area contributed by atoms with E-state index in [4.69, 9.17) is 18.0 Å². The lowest BCUT2D eigenvalue weighted by atomic mass is 10.1. The van der Waals surface area contributed by atoms with Crippen LogP contribution in [0.1, 0.15) is 17.2 Å². The Labute approximate surface area is 128 Å². The van der Waals surface area contributed by atoms with Crippen LogP contribution < -0.4 is 10.6 Å². The van der Waals surface area contributed by atoms with Gasteiger partial charge in [-0.1, -0.05) is 48.6 Å². The second kappa shape index (κ2) is 6.65. The molecule has 0 aliphatic carbocycles. The minimum absolute atomic E-state index is 0.285. The van der Waals surface area contributed by atoms with Gasteiger partial charge in [-0.3, -0.25) is 0 Å². The number of benzene rings is 2. The van der Waals surface area contributed by atoms with E-state index >= 15 is 0 Å². The van der Waals surface area contributed by atoms with Gasteiger partial charge < -0.3 is 15.7 Å². The lowest BCUT2D eigenvalue weighted by molar-refractivity contribution is 0.185. The van der Waals surface area contributed by atoms with Crippen molar-refractivity contribution < 1.29 is 9.50 Å². The fraction of sp³-hybridized carbons (Fsp3) is 0.188. The average molecular weight is 304 g/mol. The molecule has 0 aromatic heterocycles. The van der Waals surface area contributed by atoms with Crippen LogP contribution in [0, 0.1) is 5.82 Å². The molecule has 5 heteroatoms. The molecule has 3 N–H and O–H groups in total. The Hall–Kier alpha value is -1.98. The summed E-state index contributed by atoms with van der Waals surface area (Å²) < 4.78 is 13.7. The van der Waals surface area contributed by atoms with Gasteiger partial charge in [0, 0.05) is 19.2 Å². The molecule has 1 atom stereocenters. The number of halogens is 1. The van der Waals surface area contributed by atoms with Crippen LogP contribution in [-0.2, 0) is 0 Å². The van der Waals surface area contributed by atoms with Gasteiger partial charge in [-0.2, -0.15) is 0 Å². The van der Waals surface area contributed by atoms with E-state index in [2.05, 4.69) is 0 Å². The zero-order valence-electron chi connectivity index (χ0n) is 11.7. The largest absolute Gasteiger partial charge is 0.389 e. The van der Waals surface area contributed by atoms with Gasteiger partial charge in [0.15, 0.2) is 0 Å². The Morgan fingerprint density at radius 3 is 2.43 bits per heavy atom. The third-order valence-corrected chi connectivity index (χ3v) is 3.53.